The van der Waals surface area contributed by atoms with Crippen LogP contribution in [0.2, 0.25) is 0 Å². The summed E-state index contributed by atoms with van der Waals surface area (Å²) in [6.45, 7) is 1.86. The Kier molecular flexibility index (Phi) is 7.24. The van der Waals surface area contributed by atoms with E-state index in [-0.39, 0.29) is 13.2 Å². The van der Waals surface area contributed by atoms with Crippen molar-refractivity contribution in [2.75, 3.05) is 13.2 Å². The molecule has 0 aliphatic rings. The second-order valence-corrected chi connectivity index (χ2v) is 2.62. The smallest absolute Gasteiger partial charge is 0.330 e. The monoisotopic (exact) mass is 188 g/mol. The number of hydrogen-bond acceptors (Lipinski definition) is 4. The van der Waals surface area contributed by atoms with Crippen LogP contribution in [0.1, 0.15) is 19.8 Å². The van der Waals surface area contributed by atoms with Crippen LogP contribution in [0.15, 0.2) is 12.2 Å². The highest BCUT2D eigenvalue weighted by Crippen LogP contribution is 1.97. The van der Waals surface area contributed by atoms with E-state index in [1.165, 1.54) is 6.08 Å². The van der Waals surface area contributed by atoms with Gasteiger partial charge in [0.1, 0.15) is 0 Å². The highest BCUT2D eigenvalue weighted by molar-refractivity contribution is 5.81. The quantitative estimate of drug-likeness (QED) is 0.463. The van der Waals surface area contributed by atoms with E-state index >= 15 is 0 Å². The van der Waals surface area contributed by atoms with Gasteiger partial charge in [-0.05, 0) is 13.3 Å². The van der Waals surface area contributed by atoms with Gasteiger partial charge in [-0.25, -0.2) is 4.79 Å². The van der Waals surface area contributed by atoms with Gasteiger partial charge in [-0.2, -0.15) is 0 Å². The van der Waals surface area contributed by atoms with Crippen molar-refractivity contribution >= 4 is 5.97 Å². The molecule has 0 bridgehead atoms. The van der Waals surface area contributed by atoms with Gasteiger partial charge in [0.05, 0.1) is 12.7 Å². The molecule has 0 spiro atoms. The first kappa shape index (κ1) is 12.1. The van der Waals surface area contributed by atoms with Gasteiger partial charge in [0.15, 0.2) is 0 Å². The summed E-state index contributed by atoms with van der Waals surface area (Å²) < 4.78 is 4.73. The van der Waals surface area contributed by atoms with Gasteiger partial charge in [-0.3, -0.25) is 0 Å². The van der Waals surface area contributed by atoms with Crippen molar-refractivity contribution in [3.8, 4) is 0 Å². The lowest BCUT2D eigenvalue weighted by atomic mass is 10.2. The van der Waals surface area contributed by atoms with Gasteiger partial charge in [-0.1, -0.05) is 6.08 Å². The number of aliphatic hydroxyl groups is 2. The Bertz CT molecular complexity index is 165. The standard InChI is InChI=1S/C9H16O4/c1-2-3-9(12)13-7-5-8(11)4-6-10/h2-3,8,10-11H,4-7H2,1H3. The lowest BCUT2D eigenvalue weighted by Gasteiger charge is -2.07. The van der Waals surface area contributed by atoms with Crippen molar-refractivity contribution in [1.29, 1.82) is 0 Å². The van der Waals surface area contributed by atoms with Crippen molar-refractivity contribution in [1.82, 2.24) is 0 Å². The Morgan fingerprint density at radius 3 is 2.77 bits per heavy atom. The molecule has 0 aromatic heterocycles. The maximum absolute atomic E-state index is 10.7. The normalized spacial score (nSPS) is 13.2. The maximum atomic E-state index is 10.7. The predicted molar refractivity (Wildman–Crippen MR) is 48.1 cm³/mol. The van der Waals surface area contributed by atoms with Crippen molar-refractivity contribution in [2.45, 2.75) is 25.9 Å². The molecule has 0 aromatic rings. The maximum Gasteiger partial charge on any atom is 0.330 e. The zero-order chi connectivity index (χ0) is 10.1. The van der Waals surface area contributed by atoms with E-state index in [1.807, 2.05) is 0 Å². The molecule has 0 heterocycles. The van der Waals surface area contributed by atoms with Gasteiger partial charge in [-0.15, -0.1) is 0 Å². The van der Waals surface area contributed by atoms with E-state index in [1.54, 1.807) is 13.0 Å². The highest BCUT2D eigenvalue weighted by Gasteiger charge is 2.04. The molecular weight excluding hydrogens is 172 g/mol. The zero-order valence-corrected chi connectivity index (χ0v) is 7.77. The molecular formula is C9H16O4. The molecule has 0 fully saturated rings. The molecule has 1 unspecified atom stereocenters. The number of aliphatic hydroxyl groups excluding tert-OH is 2. The largest absolute Gasteiger partial charge is 0.462 e. The van der Waals surface area contributed by atoms with Crippen molar-refractivity contribution in [3.05, 3.63) is 12.2 Å². The molecule has 0 aliphatic carbocycles. The molecule has 2 N–H and O–H groups in total. The Morgan fingerprint density at radius 1 is 1.54 bits per heavy atom. The molecule has 76 valence electrons. The fraction of sp³-hybridized carbons (Fsp3) is 0.667. The minimum Gasteiger partial charge on any atom is -0.462 e. The second-order valence-electron chi connectivity index (χ2n) is 2.62. The van der Waals surface area contributed by atoms with Gasteiger partial charge in [0.25, 0.3) is 0 Å². The lowest BCUT2D eigenvalue weighted by Crippen LogP contribution is -2.13. The molecule has 4 nitrogen and oxygen atoms in total. The molecule has 1 atom stereocenters. The number of hydrogen-bond donors (Lipinski definition) is 2. The van der Waals surface area contributed by atoms with Gasteiger partial charge in [0, 0.05) is 19.1 Å². The van der Waals surface area contributed by atoms with E-state index in [0.29, 0.717) is 12.8 Å². The third kappa shape index (κ3) is 7.49. The third-order valence-corrected chi connectivity index (χ3v) is 1.46. The summed E-state index contributed by atoms with van der Waals surface area (Å²) >= 11 is 0. The lowest BCUT2D eigenvalue weighted by molar-refractivity contribution is -0.138. The Morgan fingerprint density at radius 2 is 2.23 bits per heavy atom. The first-order chi connectivity index (χ1) is 6.20. The van der Waals surface area contributed by atoms with Crippen LogP contribution in [0.4, 0.5) is 0 Å². The molecule has 13 heavy (non-hydrogen) atoms. The first-order valence-electron chi connectivity index (χ1n) is 4.29. The highest BCUT2D eigenvalue weighted by atomic mass is 16.5. The minimum absolute atomic E-state index is 0.0516. The van der Waals surface area contributed by atoms with E-state index in [9.17, 15) is 4.79 Å². The molecule has 4 heteroatoms. The molecule has 0 radical (unpaired) electrons. The molecule has 0 aromatic carbocycles. The Hall–Kier alpha value is -0.870. The molecule has 0 aliphatic heterocycles. The summed E-state index contributed by atoms with van der Waals surface area (Å²) in [5.41, 5.74) is 0. The van der Waals surface area contributed by atoms with Crippen LogP contribution in [-0.4, -0.2) is 35.5 Å². The van der Waals surface area contributed by atoms with E-state index in [0.717, 1.165) is 0 Å². The minimum atomic E-state index is -0.594. The fourth-order valence-electron chi connectivity index (χ4n) is 0.773. The van der Waals surface area contributed by atoms with Crippen LogP contribution < -0.4 is 0 Å². The number of carbonyl (C=O) groups is 1. The fourth-order valence-corrected chi connectivity index (χ4v) is 0.773. The zero-order valence-electron chi connectivity index (χ0n) is 7.77. The summed E-state index contributed by atoms with van der Waals surface area (Å²) in [4.78, 5) is 10.7. The van der Waals surface area contributed by atoms with Crippen LogP contribution in [0.25, 0.3) is 0 Å². The topological polar surface area (TPSA) is 66.8 Å². The summed E-state index contributed by atoms with van der Waals surface area (Å²) in [5.74, 6) is -0.404. The number of allylic oxidation sites excluding steroid dienone is 1. The Labute approximate surface area is 77.8 Å². The van der Waals surface area contributed by atoms with E-state index in [2.05, 4.69) is 0 Å². The summed E-state index contributed by atoms with van der Waals surface area (Å²) in [6, 6.07) is 0. The van der Waals surface area contributed by atoms with Crippen molar-refractivity contribution in [2.24, 2.45) is 0 Å². The molecule has 0 amide bonds. The Balaban J connectivity index is 3.39. The number of carbonyl (C=O) groups excluding carboxylic acids is 1. The average molecular weight is 188 g/mol. The van der Waals surface area contributed by atoms with E-state index < -0.39 is 12.1 Å². The molecule has 0 saturated carbocycles. The van der Waals surface area contributed by atoms with Crippen LogP contribution in [-0.2, 0) is 9.53 Å². The van der Waals surface area contributed by atoms with Gasteiger partial charge < -0.3 is 14.9 Å². The van der Waals surface area contributed by atoms with Crippen molar-refractivity contribution in [3.63, 3.8) is 0 Å². The van der Waals surface area contributed by atoms with Gasteiger partial charge in [0.2, 0.25) is 0 Å². The first-order valence-corrected chi connectivity index (χ1v) is 4.29. The number of ether oxygens (including phenoxy) is 1. The number of esters is 1. The van der Waals surface area contributed by atoms with E-state index in [4.69, 9.17) is 14.9 Å². The molecule has 0 rings (SSSR count). The summed E-state index contributed by atoms with van der Waals surface area (Å²) in [6.07, 6.45) is 3.00. The van der Waals surface area contributed by atoms with Crippen LogP contribution in [0.5, 0.6) is 0 Å². The van der Waals surface area contributed by atoms with Crippen LogP contribution in [0.3, 0.4) is 0 Å². The summed E-state index contributed by atoms with van der Waals surface area (Å²) in [5, 5.41) is 17.6. The third-order valence-electron chi connectivity index (χ3n) is 1.46. The summed E-state index contributed by atoms with van der Waals surface area (Å²) in [7, 11) is 0. The van der Waals surface area contributed by atoms with Gasteiger partial charge >= 0.3 is 5.97 Å². The SMILES string of the molecule is CC=CC(=O)OCCC(O)CCO. The number of rotatable bonds is 6. The predicted octanol–water partition coefficient (Wildman–Crippen LogP) is 0.239. The van der Waals surface area contributed by atoms with Crippen LogP contribution >= 0.6 is 0 Å². The average Bonchev–Trinajstić information content (AvgIpc) is 2.05. The second kappa shape index (κ2) is 7.76. The van der Waals surface area contributed by atoms with Crippen LogP contribution in [0, 0.1) is 0 Å². The molecule has 0 saturated heterocycles. The van der Waals surface area contributed by atoms with Crippen molar-refractivity contribution < 1.29 is 19.7 Å².